The fraction of sp³-hybridized carbons (Fsp3) is 0.722. The average Bonchev–Trinajstić information content (AvgIpc) is 3.24. The van der Waals surface area contributed by atoms with Gasteiger partial charge in [-0.3, -0.25) is 4.79 Å². The molecule has 4 rings (SSSR count). The van der Waals surface area contributed by atoms with Gasteiger partial charge in [0.2, 0.25) is 5.91 Å². The summed E-state index contributed by atoms with van der Waals surface area (Å²) in [5.74, 6) is 1.48. The van der Waals surface area contributed by atoms with Gasteiger partial charge in [-0.1, -0.05) is 12.8 Å². The van der Waals surface area contributed by atoms with Crippen LogP contribution >= 0.6 is 0 Å². The second-order valence-electron chi connectivity index (χ2n) is 7.42. The van der Waals surface area contributed by atoms with E-state index in [-0.39, 0.29) is 18.1 Å². The molecular weight excluding hydrogens is 304 g/mol. The number of aromatic nitrogens is 2. The van der Waals surface area contributed by atoms with Crippen molar-refractivity contribution >= 4 is 11.7 Å². The van der Waals surface area contributed by atoms with E-state index in [9.17, 15) is 4.79 Å². The fourth-order valence-corrected chi connectivity index (χ4v) is 4.23. The van der Waals surface area contributed by atoms with Crippen LogP contribution in [-0.4, -0.2) is 47.4 Å². The van der Waals surface area contributed by atoms with E-state index in [1.165, 1.54) is 12.8 Å². The zero-order valence-corrected chi connectivity index (χ0v) is 14.3. The SMILES string of the molecule is Cc1ccc(N2CC[C@H]3C[C@@H](C(=O)NC4CCCC4)O[C@@H]3C2)nn1. The molecule has 130 valence electrons. The topological polar surface area (TPSA) is 67.4 Å². The third kappa shape index (κ3) is 3.24. The summed E-state index contributed by atoms with van der Waals surface area (Å²) in [7, 11) is 0. The molecule has 2 aliphatic heterocycles. The van der Waals surface area contributed by atoms with E-state index in [4.69, 9.17) is 4.74 Å². The molecule has 0 spiro atoms. The Morgan fingerprint density at radius 2 is 2.08 bits per heavy atom. The van der Waals surface area contributed by atoms with E-state index in [0.29, 0.717) is 12.0 Å². The number of anilines is 1. The normalized spacial score (nSPS) is 30.4. The first kappa shape index (κ1) is 15.8. The molecule has 1 N–H and O–H groups in total. The number of piperidine rings is 1. The molecule has 1 amide bonds. The van der Waals surface area contributed by atoms with Crippen molar-refractivity contribution in [2.45, 2.75) is 63.7 Å². The van der Waals surface area contributed by atoms with Gasteiger partial charge in [0.05, 0.1) is 11.8 Å². The molecule has 0 bridgehead atoms. The zero-order chi connectivity index (χ0) is 16.5. The zero-order valence-electron chi connectivity index (χ0n) is 14.3. The van der Waals surface area contributed by atoms with Crippen LogP contribution in [0.1, 0.15) is 44.2 Å². The number of nitrogens with one attached hydrogen (secondary N) is 1. The summed E-state index contributed by atoms with van der Waals surface area (Å²) in [6, 6.07) is 4.37. The Labute approximate surface area is 143 Å². The average molecular weight is 330 g/mol. The minimum atomic E-state index is -0.273. The van der Waals surface area contributed by atoms with Gasteiger partial charge >= 0.3 is 0 Å². The molecule has 3 fully saturated rings. The molecule has 1 aliphatic carbocycles. The predicted molar refractivity (Wildman–Crippen MR) is 90.8 cm³/mol. The van der Waals surface area contributed by atoms with E-state index in [1.54, 1.807) is 0 Å². The molecule has 1 saturated carbocycles. The molecule has 0 aromatic carbocycles. The largest absolute Gasteiger partial charge is 0.363 e. The second-order valence-corrected chi connectivity index (χ2v) is 7.42. The molecule has 1 aromatic rings. The standard InChI is InChI=1S/C18H26N4O2/c1-12-6-7-17(21-20-12)22-9-8-13-10-15(24-16(13)11-22)18(23)19-14-4-2-3-5-14/h6-7,13-16H,2-5,8-11H2,1H3,(H,19,23)/t13-,15-,16+/m0/s1. The number of carbonyl (C=O) groups excluding carboxylic acids is 1. The number of ether oxygens (including phenoxy) is 1. The highest BCUT2D eigenvalue weighted by atomic mass is 16.5. The van der Waals surface area contributed by atoms with Crippen molar-refractivity contribution < 1.29 is 9.53 Å². The number of carbonyl (C=O) groups is 1. The molecule has 3 aliphatic rings. The van der Waals surface area contributed by atoms with Crippen molar-refractivity contribution in [1.82, 2.24) is 15.5 Å². The summed E-state index contributed by atoms with van der Waals surface area (Å²) in [5.41, 5.74) is 0.925. The van der Waals surface area contributed by atoms with E-state index in [1.807, 2.05) is 19.1 Å². The Kier molecular flexibility index (Phi) is 4.39. The Hall–Kier alpha value is -1.69. The molecule has 1 aromatic heterocycles. The highest BCUT2D eigenvalue weighted by molar-refractivity contribution is 5.81. The lowest BCUT2D eigenvalue weighted by Gasteiger charge is -2.34. The lowest BCUT2D eigenvalue weighted by Crippen LogP contribution is -2.43. The van der Waals surface area contributed by atoms with Crippen LogP contribution in [0.5, 0.6) is 0 Å². The number of nitrogens with zero attached hydrogens (tertiary/aromatic N) is 3. The van der Waals surface area contributed by atoms with Crippen LogP contribution in [0, 0.1) is 12.8 Å². The Bertz CT molecular complexity index is 585. The quantitative estimate of drug-likeness (QED) is 0.916. The van der Waals surface area contributed by atoms with Crippen LogP contribution in [0.15, 0.2) is 12.1 Å². The number of amides is 1. The van der Waals surface area contributed by atoms with E-state index in [2.05, 4.69) is 20.4 Å². The molecule has 3 heterocycles. The van der Waals surface area contributed by atoms with Crippen LogP contribution in [0.2, 0.25) is 0 Å². The van der Waals surface area contributed by atoms with Gasteiger partial charge in [-0.15, -0.1) is 5.10 Å². The number of aryl methyl sites for hydroxylation is 1. The van der Waals surface area contributed by atoms with Crippen molar-refractivity contribution in [3.8, 4) is 0 Å². The van der Waals surface area contributed by atoms with Crippen LogP contribution < -0.4 is 10.2 Å². The summed E-state index contributed by atoms with van der Waals surface area (Å²) in [4.78, 5) is 14.7. The minimum absolute atomic E-state index is 0.0953. The van der Waals surface area contributed by atoms with Crippen LogP contribution in [-0.2, 0) is 9.53 Å². The molecule has 3 atom stereocenters. The molecule has 0 radical (unpaired) electrons. The Morgan fingerprint density at radius 3 is 2.83 bits per heavy atom. The van der Waals surface area contributed by atoms with Crippen molar-refractivity contribution in [3.05, 3.63) is 17.8 Å². The van der Waals surface area contributed by atoms with Gasteiger partial charge < -0.3 is 15.0 Å². The first-order valence-corrected chi connectivity index (χ1v) is 9.20. The third-order valence-electron chi connectivity index (χ3n) is 5.65. The van der Waals surface area contributed by atoms with Gasteiger partial charge in [0, 0.05) is 19.1 Å². The van der Waals surface area contributed by atoms with Crippen molar-refractivity contribution in [3.63, 3.8) is 0 Å². The van der Waals surface area contributed by atoms with Crippen LogP contribution in [0.3, 0.4) is 0 Å². The van der Waals surface area contributed by atoms with E-state index < -0.39 is 0 Å². The number of hydrogen-bond acceptors (Lipinski definition) is 5. The van der Waals surface area contributed by atoms with Gasteiger partial charge in [-0.2, -0.15) is 5.10 Å². The van der Waals surface area contributed by atoms with Crippen molar-refractivity contribution in [2.75, 3.05) is 18.0 Å². The van der Waals surface area contributed by atoms with Gasteiger partial charge in [-0.05, 0) is 50.7 Å². The maximum atomic E-state index is 12.5. The van der Waals surface area contributed by atoms with Gasteiger partial charge in [0.1, 0.15) is 6.10 Å². The maximum Gasteiger partial charge on any atom is 0.249 e. The lowest BCUT2D eigenvalue weighted by atomic mass is 9.91. The molecule has 6 nitrogen and oxygen atoms in total. The third-order valence-corrected chi connectivity index (χ3v) is 5.65. The molecule has 24 heavy (non-hydrogen) atoms. The number of fused-ring (bicyclic) bond motifs is 1. The van der Waals surface area contributed by atoms with Gasteiger partial charge in [-0.25, -0.2) is 0 Å². The van der Waals surface area contributed by atoms with Gasteiger partial charge in [0.25, 0.3) is 0 Å². The Morgan fingerprint density at radius 1 is 1.25 bits per heavy atom. The lowest BCUT2D eigenvalue weighted by molar-refractivity contribution is -0.132. The minimum Gasteiger partial charge on any atom is -0.363 e. The summed E-state index contributed by atoms with van der Waals surface area (Å²) in [6.07, 6.45) is 6.45. The van der Waals surface area contributed by atoms with Crippen molar-refractivity contribution in [2.24, 2.45) is 5.92 Å². The van der Waals surface area contributed by atoms with Gasteiger partial charge in [0.15, 0.2) is 5.82 Å². The summed E-state index contributed by atoms with van der Waals surface area (Å²) in [5, 5.41) is 11.6. The maximum absolute atomic E-state index is 12.5. The van der Waals surface area contributed by atoms with Crippen molar-refractivity contribution in [1.29, 1.82) is 0 Å². The van der Waals surface area contributed by atoms with E-state index in [0.717, 1.165) is 50.3 Å². The Balaban J connectivity index is 1.35. The monoisotopic (exact) mass is 330 g/mol. The van der Waals surface area contributed by atoms with E-state index >= 15 is 0 Å². The number of hydrogen-bond donors (Lipinski definition) is 1. The predicted octanol–water partition coefficient (Wildman–Crippen LogP) is 1.83. The first-order valence-electron chi connectivity index (χ1n) is 9.20. The molecule has 0 unspecified atom stereocenters. The smallest absolute Gasteiger partial charge is 0.249 e. The fourth-order valence-electron chi connectivity index (χ4n) is 4.23. The second kappa shape index (κ2) is 6.67. The number of rotatable bonds is 3. The summed E-state index contributed by atoms with van der Waals surface area (Å²) >= 11 is 0. The molecule has 6 heteroatoms. The summed E-state index contributed by atoms with van der Waals surface area (Å²) < 4.78 is 6.11. The van der Waals surface area contributed by atoms with Crippen LogP contribution in [0.4, 0.5) is 5.82 Å². The summed E-state index contributed by atoms with van der Waals surface area (Å²) in [6.45, 7) is 3.70. The highest BCUT2D eigenvalue weighted by Gasteiger charge is 2.42. The van der Waals surface area contributed by atoms with Crippen LogP contribution in [0.25, 0.3) is 0 Å². The highest BCUT2D eigenvalue weighted by Crippen LogP contribution is 2.34. The molecular formula is C18H26N4O2. The molecule has 2 saturated heterocycles. The first-order chi connectivity index (χ1) is 11.7.